The number of nitrogens with zero attached hydrogens (tertiary/aromatic N) is 3. The fourth-order valence-corrected chi connectivity index (χ4v) is 11.0. The third-order valence-electron chi connectivity index (χ3n) is 12.7. The summed E-state index contributed by atoms with van der Waals surface area (Å²) in [5, 5.41) is 19.6. The minimum Gasteiger partial charge on any atom is -0.370 e. The lowest BCUT2D eigenvalue weighted by atomic mass is 10.0. The maximum absolute atomic E-state index is 14.7. The van der Waals surface area contributed by atoms with Crippen LogP contribution in [0.5, 0.6) is 0 Å². The monoisotopic (exact) mass is 1090 g/mol. The van der Waals surface area contributed by atoms with Crippen molar-refractivity contribution in [1.82, 2.24) is 57.1 Å². The molecule has 77 heavy (non-hydrogen) atoms. The Hall–Kier alpha value is -8.39. The second-order valence-corrected chi connectivity index (χ2v) is 21.0. The van der Waals surface area contributed by atoms with Gasteiger partial charge in [0.2, 0.25) is 41.4 Å². The van der Waals surface area contributed by atoms with Crippen LogP contribution in [0.1, 0.15) is 42.1 Å². The van der Waals surface area contributed by atoms with Crippen LogP contribution in [0.15, 0.2) is 109 Å². The largest absolute Gasteiger partial charge is 0.370 e. The van der Waals surface area contributed by atoms with Crippen molar-refractivity contribution in [2.45, 2.75) is 93.8 Å². The van der Waals surface area contributed by atoms with Gasteiger partial charge in [0.25, 0.3) is 5.91 Å². The Morgan fingerprint density at radius 1 is 0.623 bits per heavy atom. The molecule has 2 fully saturated rings. The minimum absolute atomic E-state index is 0.0545. The highest BCUT2D eigenvalue weighted by molar-refractivity contribution is 8.76. The first-order chi connectivity index (χ1) is 37.0. The minimum atomic E-state index is -1.52. The van der Waals surface area contributed by atoms with Crippen LogP contribution in [0, 0.1) is 0 Å². The Morgan fingerprint density at radius 2 is 1.19 bits per heavy atom. The third-order valence-corrected chi connectivity index (χ3v) is 15.1. The molecule has 2 aliphatic rings. The number of aromatic nitrogens is 3. The first kappa shape index (κ1) is 56.3. The van der Waals surface area contributed by atoms with Crippen LogP contribution < -0.4 is 54.4 Å². The topological polar surface area (TPSA) is 376 Å². The van der Waals surface area contributed by atoms with Gasteiger partial charge in [0.05, 0.1) is 6.33 Å². The SMILES string of the molecule is CC1NC(=O)C(N2C(=O)NC(Cc3ccccc3)C2=O)CSSCC(C(N)=O)NC(=O)C(Cc2c[nH]c3ccccc23)NC(=O)C(CCCN=C(N)N)NC(=O)C(Cc2ccccc2)NC(=O)C(Cc2cnc[nH]2)NC1=O. The van der Waals surface area contributed by atoms with Crippen molar-refractivity contribution in [3.8, 4) is 0 Å². The number of rotatable bonds is 14. The Kier molecular flexibility index (Phi) is 19.7. The summed E-state index contributed by atoms with van der Waals surface area (Å²) in [4.78, 5) is 142. The summed E-state index contributed by atoms with van der Waals surface area (Å²) in [5.41, 5.74) is 20.2. The molecule has 8 atom stereocenters. The number of nitrogens with two attached hydrogens (primary N) is 3. The van der Waals surface area contributed by atoms with Crippen molar-refractivity contribution >= 4 is 91.7 Å². The summed E-state index contributed by atoms with van der Waals surface area (Å²) in [5.74, 6) is -7.30. The van der Waals surface area contributed by atoms with E-state index in [1.807, 2.05) is 18.2 Å². The maximum atomic E-state index is 14.7. The number of imide groups is 1. The fraction of sp³-hybridized carbons (Fsp3) is 0.353. The van der Waals surface area contributed by atoms with E-state index in [9.17, 15) is 43.2 Å². The number of H-pyrrole nitrogens is 2. The van der Waals surface area contributed by atoms with E-state index in [2.05, 4.69) is 57.2 Å². The number of nitrogens with one attached hydrogen (secondary N) is 9. The maximum Gasteiger partial charge on any atom is 0.325 e. The summed E-state index contributed by atoms with van der Waals surface area (Å²) in [6.07, 6.45) is 4.37. The van der Waals surface area contributed by atoms with E-state index in [1.165, 1.54) is 19.4 Å². The van der Waals surface area contributed by atoms with Gasteiger partial charge in [-0.15, -0.1) is 0 Å². The van der Waals surface area contributed by atoms with E-state index in [0.29, 0.717) is 16.8 Å². The van der Waals surface area contributed by atoms with Gasteiger partial charge in [0, 0.05) is 72.7 Å². The van der Waals surface area contributed by atoms with E-state index >= 15 is 0 Å². The molecule has 10 amide bonds. The number of guanidine groups is 1. The molecule has 24 nitrogen and oxygen atoms in total. The van der Waals surface area contributed by atoms with E-state index in [-0.39, 0.29) is 62.5 Å². The van der Waals surface area contributed by atoms with Gasteiger partial charge >= 0.3 is 6.03 Å². The number of hydrogen-bond acceptors (Lipinski definition) is 13. The highest BCUT2D eigenvalue weighted by atomic mass is 33.1. The van der Waals surface area contributed by atoms with Gasteiger partial charge in [-0.2, -0.15) is 0 Å². The number of urea groups is 1. The molecule has 8 unspecified atom stereocenters. The molecule has 26 heteroatoms. The van der Waals surface area contributed by atoms with Crippen molar-refractivity contribution in [2.75, 3.05) is 18.1 Å². The molecule has 2 aromatic heterocycles. The van der Waals surface area contributed by atoms with E-state index in [4.69, 9.17) is 17.2 Å². The number of aliphatic imine (C=N–C) groups is 1. The fourth-order valence-electron chi connectivity index (χ4n) is 8.67. The summed E-state index contributed by atoms with van der Waals surface area (Å²) in [6, 6.07) is 13.2. The van der Waals surface area contributed by atoms with E-state index in [1.54, 1.807) is 72.9 Å². The van der Waals surface area contributed by atoms with Gasteiger partial charge < -0.3 is 64.4 Å². The summed E-state index contributed by atoms with van der Waals surface area (Å²) in [6.45, 7) is 1.41. The quantitative estimate of drug-likeness (QED) is 0.0216. The third kappa shape index (κ3) is 15.6. The van der Waals surface area contributed by atoms with Crippen molar-refractivity contribution in [3.05, 3.63) is 126 Å². The molecule has 7 rings (SSSR count). The van der Waals surface area contributed by atoms with Crippen molar-refractivity contribution in [3.63, 3.8) is 0 Å². The first-order valence-electron chi connectivity index (χ1n) is 24.7. The molecule has 0 bridgehead atoms. The number of benzene rings is 3. The number of amides is 10. The average molecular weight is 1090 g/mol. The number of fused-ring (bicyclic) bond motifs is 1. The molecule has 2 saturated heterocycles. The number of carbonyl (C=O) groups excluding carboxylic acids is 9. The molecule has 4 heterocycles. The molecule has 0 radical (unpaired) electrons. The normalized spacial score (nSPS) is 23.6. The second-order valence-electron chi connectivity index (χ2n) is 18.4. The number of para-hydroxylation sites is 1. The highest BCUT2D eigenvalue weighted by Crippen LogP contribution is 2.27. The van der Waals surface area contributed by atoms with Gasteiger partial charge in [0.1, 0.15) is 48.3 Å². The van der Waals surface area contributed by atoms with Crippen LogP contribution in [0.3, 0.4) is 0 Å². The number of aromatic amines is 2. The van der Waals surface area contributed by atoms with Crippen LogP contribution in [0.2, 0.25) is 0 Å². The number of imidazole rings is 1. The van der Waals surface area contributed by atoms with Crippen molar-refractivity contribution in [2.24, 2.45) is 22.2 Å². The summed E-state index contributed by atoms with van der Waals surface area (Å²) >= 11 is 0. The molecule has 0 spiro atoms. The van der Waals surface area contributed by atoms with Crippen LogP contribution in [0.4, 0.5) is 4.79 Å². The van der Waals surface area contributed by atoms with Gasteiger partial charge in [0.15, 0.2) is 5.96 Å². The van der Waals surface area contributed by atoms with E-state index < -0.39 is 102 Å². The molecule has 5 aromatic rings. The van der Waals surface area contributed by atoms with Gasteiger partial charge in [-0.3, -0.25) is 43.3 Å². The lowest BCUT2D eigenvalue weighted by Gasteiger charge is -2.28. The highest BCUT2D eigenvalue weighted by Gasteiger charge is 2.45. The van der Waals surface area contributed by atoms with Crippen molar-refractivity contribution in [1.29, 1.82) is 0 Å². The smallest absolute Gasteiger partial charge is 0.325 e. The lowest BCUT2D eigenvalue weighted by molar-refractivity contribution is -0.137. The van der Waals surface area contributed by atoms with Crippen LogP contribution in [-0.2, 0) is 64.0 Å². The lowest BCUT2D eigenvalue weighted by Crippen LogP contribution is -2.60. The molecule has 15 N–H and O–H groups in total. The Labute approximate surface area is 450 Å². The summed E-state index contributed by atoms with van der Waals surface area (Å²) < 4.78 is 0. The number of hydrogen-bond donors (Lipinski definition) is 12. The predicted molar refractivity (Wildman–Crippen MR) is 289 cm³/mol. The standard InChI is InChI=1S/C51H61N15O9S2/c1-28-43(68)61-38(22-32-24-55-27-58-32)47(72)62-36(19-29-11-4-2-5-12-29)45(70)60-35(17-10-18-56-50(53)54)44(69)63-37(21-31-23-57-34-16-9-8-15-33(31)34)46(71)64-40(42(52)67)25-76-77-26-41(48(73)59-28)66-49(74)39(65-51(66)75)20-30-13-6-3-7-14-30/h2-9,11-16,23-24,27-28,35-41,57H,10,17-22,25-26H2,1H3,(H2,52,67)(H,55,58)(H,59,73)(H,60,70)(H,61,68)(H,62,72)(H,63,69)(H,64,71)(H,65,75)(H4,53,54,56). The molecular weight excluding hydrogens is 1030 g/mol. The molecule has 2 aliphatic heterocycles. The summed E-state index contributed by atoms with van der Waals surface area (Å²) in [7, 11) is 1.98. The number of primary amides is 1. The zero-order chi connectivity index (χ0) is 55.0. The van der Waals surface area contributed by atoms with Gasteiger partial charge in [-0.05, 0) is 42.5 Å². The predicted octanol–water partition coefficient (Wildman–Crippen LogP) is -0.687. The zero-order valence-corrected chi connectivity index (χ0v) is 43.5. The Bertz CT molecular complexity index is 2940. The Morgan fingerprint density at radius 3 is 1.84 bits per heavy atom. The van der Waals surface area contributed by atoms with Gasteiger partial charge in [-0.25, -0.2) is 14.7 Å². The second kappa shape index (κ2) is 26.9. The number of carbonyl (C=O) groups is 9. The van der Waals surface area contributed by atoms with E-state index in [0.717, 1.165) is 43.0 Å². The van der Waals surface area contributed by atoms with Crippen LogP contribution in [0.25, 0.3) is 10.9 Å². The molecule has 3 aromatic carbocycles. The Balaban J connectivity index is 1.24. The van der Waals surface area contributed by atoms with Crippen LogP contribution >= 0.6 is 21.6 Å². The van der Waals surface area contributed by atoms with Crippen molar-refractivity contribution < 1.29 is 43.2 Å². The molecule has 0 aliphatic carbocycles. The molecule has 406 valence electrons. The van der Waals surface area contributed by atoms with Crippen LogP contribution in [-0.4, -0.2) is 145 Å². The zero-order valence-electron chi connectivity index (χ0n) is 41.9. The molecular formula is C51H61N15O9S2. The first-order valence-corrected chi connectivity index (χ1v) is 27.2. The van der Waals surface area contributed by atoms with Gasteiger partial charge in [-0.1, -0.05) is 100 Å². The molecule has 0 saturated carbocycles. The average Bonchev–Trinajstić information content (AvgIpc) is 4.15.